The highest BCUT2D eigenvalue weighted by molar-refractivity contribution is 9.10. The first kappa shape index (κ1) is 11.9. The highest BCUT2D eigenvalue weighted by Gasteiger charge is 2.20. The van der Waals surface area contributed by atoms with Crippen LogP contribution in [0.3, 0.4) is 0 Å². The van der Waals surface area contributed by atoms with Crippen LogP contribution in [0.1, 0.15) is 24.2 Å². The van der Waals surface area contributed by atoms with E-state index in [1.54, 1.807) is 6.33 Å². The second-order valence-corrected chi connectivity index (χ2v) is 5.53. The van der Waals surface area contributed by atoms with Crippen LogP contribution in [0.25, 0.3) is 0 Å². The molecule has 1 aliphatic carbocycles. The maximum absolute atomic E-state index is 4.31. The zero-order valence-electron chi connectivity index (χ0n) is 10.0. The standard InChI is InChI=1S/C13H15BrN4/c14-11-3-1-2-10(6-11)8-18-13(16-9-17-18)7-15-12-4-5-12/h1-3,6,9,12,15H,4-5,7-8H2. The van der Waals surface area contributed by atoms with Gasteiger partial charge < -0.3 is 5.32 Å². The van der Waals surface area contributed by atoms with Crippen molar-refractivity contribution in [2.75, 3.05) is 0 Å². The summed E-state index contributed by atoms with van der Waals surface area (Å²) < 4.78 is 3.05. The third kappa shape index (κ3) is 2.97. The van der Waals surface area contributed by atoms with Gasteiger partial charge in [0, 0.05) is 10.5 Å². The molecule has 1 aliphatic rings. The van der Waals surface area contributed by atoms with E-state index in [0.717, 1.165) is 23.4 Å². The van der Waals surface area contributed by atoms with E-state index in [2.05, 4.69) is 43.5 Å². The minimum Gasteiger partial charge on any atom is -0.307 e. The van der Waals surface area contributed by atoms with E-state index >= 15 is 0 Å². The van der Waals surface area contributed by atoms with Gasteiger partial charge in [0.05, 0.1) is 13.1 Å². The lowest BCUT2D eigenvalue weighted by Gasteiger charge is -2.07. The molecule has 1 fully saturated rings. The highest BCUT2D eigenvalue weighted by Crippen LogP contribution is 2.19. The Morgan fingerprint density at radius 1 is 1.39 bits per heavy atom. The summed E-state index contributed by atoms with van der Waals surface area (Å²) in [6.45, 7) is 1.57. The van der Waals surface area contributed by atoms with Crippen molar-refractivity contribution in [2.24, 2.45) is 0 Å². The Labute approximate surface area is 115 Å². The number of benzene rings is 1. The molecule has 4 nitrogen and oxygen atoms in total. The Balaban J connectivity index is 1.69. The normalized spacial score (nSPS) is 14.9. The fourth-order valence-electron chi connectivity index (χ4n) is 1.89. The van der Waals surface area contributed by atoms with Crippen molar-refractivity contribution in [3.8, 4) is 0 Å². The van der Waals surface area contributed by atoms with Gasteiger partial charge in [0.15, 0.2) is 0 Å². The Bertz CT molecular complexity index is 533. The van der Waals surface area contributed by atoms with Crippen LogP contribution in [0.2, 0.25) is 0 Å². The van der Waals surface area contributed by atoms with E-state index in [1.807, 2.05) is 16.8 Å². The Hall–Kier alpha value is -1.20. The summed E-state index contributed by atoms with van der Waals surface area (Å²) in [5.41, 5.74) is 1.22. The molecule has 0 bridgehead atoms. The van der Waals surface area contributed by atoms with Gasteiger partial charge in [0.1, 0.15) is 12.2 Å². The fourth-order valence-corrected chi connectivity index (χ4v) is 2.34. The van der Waals surface area contributed by atoms with Gasteiger partial charge in [-0.25, -0.2) is 9.67 Å². The molecule has 0 amide bonds. The molecular formula is C13H15BrN4. The van der Waals surface area contributed by atoms with E-state index in [9.17, 15) is 0 Å². The molecule has 0 atom stereocenters. The number of nitrogens with one attached hydrogen (secondary N) is 1. The lowest BCUT2D eigenvalue weighted by Crippen LogP contribution is -2.19. The van der Waals surface area contributed by atoms with Crippen molar-refractivity contribution in [2.45, 2.75) is 32.0 Å². The quantitative estimate of drug-likeness (QED) is 0.922. The monoisotopic (exact) mass is 306 g/mol. The number of rotatable bonds is 5. The van der Waals surface area contributed by atoms with Crippen LogP contribution in [-0.4, -0.2) is 20.8 Å². The van der Waals surface area contributed by atoms with Crippen LogP contribution in [0, 0.1) is 0 Å². The average molecular weight is 307 g/mol. The minimum atomic E-state index is 0.695. The molecule has 94 valence electrons. The number of hydrogen-bond acceptors (Lipinski definition) is 3. The lowest BCUT2D eigenvalue weighted by atomic mass is 10.2. The summed E-state index contributed by atoms with van der Waals surface area (Å²) in [6, 6.07) is 8.98. The largest absolute Gasteiger partial charge is 0.307 e. The molecule has 3 rings (SSSR count). The Morgan fingerprint density at radius 2 is 2.28 bits per heavy atom. The third-order valence-electron chi connectivity index (χ3n) is 3.04. The van der Waals surface area contributed by atoms with Crippen LogP contribution < -0.4 is 5.32 Å². The van der Waals surface area contributed by atoms with Crippen LogP contribution in [0.5, 0.6) is 0 Å². The zero-order valence-corrected chi connectivity index (χ0v) is 11.6. The first-order chi connectivity index (χ1) is 8.81. The summed E-state index contributed by atoms with van der Waals surface area (Å²) in [4.78, 5) is 4.31. The van der Waals surface area contributed by atoms with Crippen molar-refractivity contribution < 1.29 is 0 Å². The van der Waals surface area contributed by atoms with Crippen LogP contribution >= 0.6 is 15.9 Å². The van der Waals surface area contributed by atoms with Crippen molar-refractivity contribution in [3.05, 3.63) is 46.5 Å². The van der Waals surface area contributed by atoms with Gasteiger partial charge in [0.25, 0.3) is 0 Å². The van der Waals surface area contributed by atoms with Gasteiger partial charge >= 0.3 is 0 Å². The average Bonchev–Trinajstić information content (AvgIpc) is 3.08. The molecule has 5 heteroatoms. The summed E-state index contributed by atoms with van der Waals surface area (Å²) in [5.74, 6) is 1.00. The molecule has 0 spiro atoms. The van der Waals surface area contributed by atoms with E-state index < -0.39 is 0 Å². The van der Waals surface area contributed by atoms with Crippen molar-refractivity contribution >= 4 is 15.9 Å². The first-order valence-corrected chi connectivity index (χ1v) is 6.95. The van der Waals surface area contributed by atoms with Gasteiger partial charge in [-0.3, -0.25) is 0 Å². The maximum Gasteiger partial charge on any atom is 0.141 e. The van der Waals surface area contributed by atoms with E-state index in [0.29, 0.717) is 6.04 Å². The Kier molecular flexibility index (Phi) is 3.43. The van der Waals surface area contributed by atoms with Gasteiger partial charge in [-0.1, -0.05) is 28.1 Å². The molecular weight excluding hydrogens is 292 g/mol. The second-order valence-electron chi connectivity index (χ2n) is 4.62. The van der Waals surface area contributed by atoms with Crippen LogP contribution in [0.4, 0.5) is 0 Å². The molecule has 0 saturated heterocycles. The van der Waals surface area contributed by atoms with Crippen molar-refractivity contribution in [1.82, 2.24) is 20.1 Å². The molecule has 2 aromatic rings. The zero-order chi connectivity index (χ0) is 12.4. The highest BCUT2D eigenvalue weighted by atomic mass is 79.9. The summed E-state index contributed by atoms with van der Waals surface area (Å²) in [7, 11) is 0. The molecule has 1 N–H and O–H groups in total. The topological polar surface area (TPSA) is 42.7 Å². The molecule has 18 heavy (non-hydrogen) atoms. The van der Waals surface area contributed by atoms with Gasteiger partial charge in [-0.15, -0.1) is 0 Å². The second kappa shape index (κ2) is 5.20. The fraction of sp³-hybridized carbons (Fsp3) is 0.385. The van der Waals surface area contributed by atoms with E-state index in [1.165, 1.54) is 18.4 Å². The lowest BCUT2D eigenvalue weighted by molar-refractivity contribution is 0.583. The maximum atomic E-state index is 4.31. The molecule has 0 radical (unpaired) electrons. The van der Waals surface area contributed by atoms with E-state index in [-0.39, 0.29) is 0 Å². The summed E-state index contributed by atoms with van der Waals surface area (Å²) in [5, 5.41) is 7.75. The summed E-state index contributed by atoms with van der Waals surface area (Å²) >= 11 is 3.49. The molecule has 1 aromatic carbocycles. The number of aromatic nitrogens is 3. The van der Waals surface area contributed by atoms with Crippen molar-refractivity contribution in [3.63, 3.8) is 0 Å². The Morgan fingerprint density at radius 3 is 3.06 bits per heavy atom. The van der Waals surface area contributed by atoms with Gasteiger partial charge in [-0.2, -0.15) is 5.10 Å². The number of nitrogens with zero attached hydrogens (tertiary/aromatic N) is 3. The SMILES string of the molecule is Brc1cccc(Cn2ncnc2CNC2CC2)c1. The van der Waals surface area contributed by atoms with Crippen molar-refractivity contribution in [1.29, 1.82) is 0 Å². The molecule has 1 heterocycles. The third-order valence-corrected chi connectivity index (χ3v) is 3.54. The number of halogens is 1. The van der Waals surface area contributed by atoms with Gasteiger partial charge in [0.2, 0.25) is 0 Å². The predicted molar refractivity (Wildman–Crippen MR) is 73.1 cm³/mol. The molecule has 1 saturated carbocycles. The van der Waals surface area contributed by atoms with Crippen LogP contribution in [-0.2, 0) is 13.1 Å². The first-order valence-electron chi connectivity index (χ1n) is 6.16. The molecule has 0 aliphatic heterocycles. The predicted octanol–water partition coefficient (Wildman–Crippen LogP) is 2.34. The minimum absolute atomic E-state index is 0.695. The number of hydrogen-bond donors (Lipinski definition) is 1. The van der Waals surface area contributed by atoms with E-state index in [4.69, 9.17) is 0 Å². The van der Waals surface area contributed by atoms with Gasteiger partial charge in [-0.05, 0) is 30.5 Å². The summed E-state index contributed by atoms with van der Waals surface area (Å²) in [6.07, 6.45) is 4.21. The molecule has 0 unspecified atom stereocenters. The van der Waals surface area contributed by atoms with Crippen LogP contribution in [0.15, 0.2) is 35.1 Å². The molecule has 1 aromatic heterocycles. The smallest absolute Gasteiger partial charge is 0.141 e.